The summed E-state index contributed by atoms with van der Waals surface area (Å²) in [5.74, 6) is 0. The number of hydrogen-bond acceptors (Lipinski definition) is 3. The predicted octanol–water partition coefficient (Wildman–Crippen LogP) is -0.752. The summed E-state index contributed by atoms with van der Waals surface area (Å²) in [6.07, 6.45) is 2.81. The van der Waals surface area contributed by atoms with Crippen molar-refractivity contribution in [3.8, 4) is 0 Å². The summed E-state index contributed by atoms with van der Waals surface area (Å²) in [5, 5.41) is 10.1. The fraction of sp³-hybridized carbons (Fsp3) is 0. The van der Waals surface area contributed by atoms with Crippen LogP contribution in [0, 0.1) is 10.1 Å². The van der Waals surface area contributed by atoms with Gasteiger partial charge in [0, 0.05) is 12.3 Å². The van der Waals surface area contributed by atoms with Crippen molar-refractivity contribution >= 4 is 19.0 Å². The third-order valence-electron chi connectivity index (χ3n) is 1.07. The summed E-state index contributed by atoms with van der Waals surface area (Å²) in [7, 11) is 1.76. The van der Waals surface area contributed by atoms with E-state index in [2.05, 4.69) is 4.98 Å². The van der Waals surface area contributed by atoms with E-state index in [9.17, 15) is 10.1 Å². The standard InChI is InChI=1S/C5H5BN2O2/c6-4-1-5(8(9)10)3-7-2-4/h1-3H,6H2. The van der Waals surface area contributed by atoms with Crippen LogP contribution < -0.4 is 5.46 Å². The van der Waals surface area contributed by atoms with Crippen molar-refractivity contribution in [2.45, 2.75) is 0 Å². The van der Waals surface area contributed by atoms with Gasteiger partial charge in [0.05, 0.1) is 4.92 Å². The molecule has 0 saturated heterocycles. The Hall–Kier alpha value is -1.39. The Labute approximate surface area is 58.5 Å². The number of nitrogens with zero attached hydrogens (tertiary/aromatic N) is 2. The van der Waals surface area contributed by atoms with Gasteiger partial charge in [-0.15, -0.1) is 0 Å². The second-order valence-corrected chi connectivity index (χ2v) is 1.98. The van der Waals surface area contributed by atoms with Crippen LogP contribution in [0.15, 0.2) is 18.5 Å². The van der Waals surface area contributed by atoms with Crippen molar-refractivity contribution in [3.63, 3.8) is 0 Å². The highest BCUT2D eigenvalue weighted by Gasteiger charge is 2.02. The van der Waals surface area contributed by atoms with Crippen LogP contribution in [0.5, 0.6) is 0 Å². The predicted molar refractivity (Wildman–Crippen MR) is 39.1 cm³/mol. The topological polar surface area (TPSA) is 56.0 Å². The van der Waals surface area contributed by atoms with Crippen molar-refractivity contribution in [3.05, 3.63) is 28.6 Å². The first-order valence-corrected chi connectivity index (χ1v) is 2.76. The zero-order chi connectivity index (χ0) is 7.56. The Morgan fingerprint density at radius 3 is 2.70 bits per heavy atom. The van der Waals surface area contributed by atoms with Gasteiger partial charge in [-0.2, -0.15) is 0 Å². The molecule has 50 valence electrons. The van der Waals surface area contributed by atoms with Gasteiger partial charge in [0.2, 0.25) is 0 Å². The molecule has 1 aromatic rings. The van der Waals surface area contributed by atoms with Crippen LogP contribution in [0.25, 0.3) is 0 Å². The van der Waals surface area contributed by atoms with E-state index in [1.54, 1.807) is 14.0 Å². The molecule has 0 bridgehead atoms. The van der Waals surface area contributed by atoms with E-state index < -0.39 is 4.92 Å². The molecule has 5 heteroatoms. The lowest BCUT2D eigenvalue weighted by molar-refractivity contribution is -0.385. The van der Waals surface area contributed by atoms with Crippen molar-refractivity contribution < 1.29 is 4.92 Å². The molecular formula is C5H5BN2O2. The average molecular weight is 136 g/mol. The zero-order valence-corrected chi connectivity index (χ0v) is 5.44. The van der Waals surface area contributed by atoms with Crippen molar-refractivity contribution in [1.29, 1.82) is 0 Å². The molecule has 0 spiro atoms. The minimum absolute atomic E-state index is 0.0417. The molecular weight excluding hydrogens is 131 g/mol. The highest BCUT2D eigenvalue weighted by atomic mass is 16.6. The van der Waals surface area contributed by atoms with Crippen molar-refractivity contribution in [2.24, 2.45) is 0 Å². The minimum Gasteiger partial charge on any atom is -0.258 e. The second kappa shape index (κ2) is 2.47. The highest BCUT2D eigenvalue weighted by Crippen LogP contribution is 2.02. The van der Waals surface area contributed by atoms with Gasteiger partial charge >= 0.3 is 0 Å². The smallest absolute Gasteiger partial charge is 0.258 e. The SMILES string of the molecule is Bc1cncc([N+](=O)[O-])c1. The molecule has 0 atom stereocenters. The fourth-order valence-corrected chi connectivity index (χ4v) is 0.639. The van der Waals surface area contributed by atoms with Crippen LogP contribution in [-0.2, 0) is 0 Å². The molecule has 0 fully saturated rings. The van der Waals surface area contributed by atoms with Crippen LogP contribution in [0.3, 0.4) is 0 Å². The molecule has 0 aliphatic heterocycles. The Kier molecular flexibility index (Phi) is 1.66. The summed E-state index contributed by atoms with van der Waals surface area (Å²) < 4.78 is 0. The lowest BCUT2D eigenvalue weighted by atomic mass is 9.99. The maximum absolute atomic E-state index is 10.1. The highest BCUT2D eigenvalue weighted by molar-refractivity contribution is 6.32. The average Bonchev–Trinajstić information content (AvgIpc) is 1.88. The van der Waals surface area contributed by atoms with Crippen LogP contribution in [0.4, 0.5) is 5.69 Å². The summed E-state index contributed by atoms with van der Waals surface area (Å²) in [4.78, 5) is 13.3. The first kappa shape index (κ1) is 6.73. The zero-order valence-electron chi connectivity index (χ0n) is 5.44. The largest absolute Gasteiger partial charge is 0.286 e. The lowest BCUT2D eigenvalue weighted by Crippen LogP contribution is -2.03. The van der Waals surface area contributed by atoms with Gasteiger partial charge in [0.25, 0.3) is 5.69 Å². The monoisotopic (exact) mass is 136 g/mol. The van der Waals surface area contributed by atoms with E-state index in [1.807, 2.05) is 0 Å². The molecule has 1 rings (SSSR count). The second-order valence-electron chi connectivity index (χ2n) is 1.98. The molecule has 0 N–H and O–H groups in total. The number of hydrogen-bond donors (Lipinski definition) is 0. The molecule has 0 amide bonds. The van der Waals surface area contributed by atoms with Gasteiger partial charge in [-0.1, -0.05) is 5.46 Å². The lowest BCUT2D eigenvalue weighted by Gasteiger charge is -1.90. The third kappa shape index (κ3) is 1.31. The Bertz CT molecular complexity index is 264. The molecule has 4 nitrogen and oxygen atoms in total. The number of nitro groups is 1. The Morgan fingerprint density at radius 2 is 2.30 bits per heavy atom. The summed E-state index contributed by atoms with van der Waals surface area (Å²) in [6.45, 7) is 0. The van der Waals surface area contributed by atoms with Crippen LogP contribution >= 0.6 is 0 Å². The van der Waals surface area contributed by atoms with Crippen molar-refractivity contribution in [2.75, 3.05) is 0 Å². The van der Waals surface area contributed by atoms with E-state index in [-0.39, 0.29) is 5.69 Å². The maximum atomic E-state index is 10.1. The van der Waals surface area contributed by atoms with Crippen LogP contribution in [0.1, 0.15) is 0 Å². The summed E-state index contributed by atoms with van der Waals surface area (Å²) in [5.41, 5.74) is 0.842. The van der Waals surface area contributed by atoms with Crippen LogP contribution in [-0.4, -0.2) is 17.8 Å². The van der Waals surface area contributed by atoms with Gasteiger partial charge in [-0.05, 0) is 0 Å². The quantitative estimate of drug-likeness (QED) is 0.290. The summed E-state index contributed by atoms with van der Waals surface area (Å²) >= 11 is 0. The van der Waals surface area contributed by atoms with E-state index in [1.165, 1.54) is 12.3 Å². The Balaban J connectivity index is 3.07. The van der Waals surface area contributed by atoms with E-state index in [4.69, 9.17) is 0 Å². The molecule has 0 unspecified atom stereocenters. The van der Waals surface area contributed by atoms with E-state index in [0.29, 0.717) is 0 Å². The third-order valence-corrected chi connectivity index (χ3v) is 1.07. The molecule has 1 heterocycles. The van der Waals surface area contributed by atoms with Crippen molar-refractivity contribution in [1.82, 2.24) is 4.98 Å². The normalized spacial score (nSPS) is 9.20. The van der Waals surface area contributed by atoms with Gasteiger partial charge in [0.15, 0.2) is 0 Å². The number of rotatable bonds is 1. The molecule has 0 saturated carbocycles. The van der Waals surface area contributed by atoms with E-state index in [0.717, 1.165) is 5.46 Å². The van der Waals surface area contributed by atoms with Gasteiger partial charge < -0.3 is 0 Å². The van der Waals surface area contributed by atoms with E-state index >= 15 is 0 Å². The maximum Gasteiger partial charge on any atom is 0.286 e. The van der Waals surface area contributed by atoms with Crippen LogP contribution in [0.2, 0.25) is 0 Å². The van der Waals surface area contributed by atoms with Gasteiger partial charge in [0.1, 0.15) is 14.0 Å². The number of pyridine rings is 1. The summed E-state index contributed by atoms with van der Waals surface area (Å²) in [6, 6.07) is 1.48. The number of aromatic nitrogens is 1. The molecule has 1 aromatic heterocycles. The molecule has 0 aliphatic carbocycles. The minimum atomic E-state index is -0.458. The molecule has 0 radical (unpaired) electrons. The molecule has 0 aromatic carbocycles. The first-order valence-electron chi connectivity index (χ1n) is 2.76. The Morgan fingerprint density at radius 1 is 1.60 bits per heavy atom. The first-order chi connectivity index (χ1) is 4.70. The fourth-order valence-electron chi connectivity index (χ4n) is 0.639. The van der Waals surface area contributed by atoms with Gasteiger partial charge in [-0.25, -0.2) is 0 Å². The molecule has 10 heavy (non-hydrogen) atoms. The molecule has 0 aliphatic rings. The van der Waals surface area contributed by atoms with Gasteiger partial charge in [-0.3, -0.25) is 15.1 Å².